The minimum atomic E-state index is -0.304. The summed E-state index contributed by atoms with van der Waals surface area (Å²) in [4.78, 5) is 16.4. The van der Waals surface area contributed by atoms with Crippen LogP contribution in [0.5, 0.6) is 5.75 Å². The third-order valence-electron chi connectivity index (χ3n) is 3.52. The van der Waals surface area contributed by atoms with Crippen LogP contribution in [0, 0.1) is 0 Å². The van der Waals surface area contributed by atoms with Crippen LogP contribution in [0.25, 0.3) is 11.1 Å². The Kier molecular flexibility index (Phi) is 4.77. The van der Waals surface area contributed by atoms with E-state index in [-0.39, 0.29) is 11.1 Å². The van der Waals surface area contributed by atoms with Gasteiger partial charge in [-0.05, 0) is 23.3 Å². The van der Waals surface area contributed by atoms with E-state index in [4.69, 9.17) is 16.3 Å². The molecule has 0 saturated carbocycles. The Hall–Kier alpha value is -2.85. The highest BCUT2D eigenvalue weighted by Crippen LogP contribution is 2.25. The summed E-state index contributed by atoms with van der Waals surface area (Å²) >= 11 is 5.83. The molecule has 0 atom stereocenters. The summed E-state index contributed by atoms with van der Waals surface area (Å²) in [7, 11) is 1.48. The summed E-state index contributed by atoms with van der Waals surface area (Å²) in [5.74, 6) is 0.0768. The molecule has 0 aliphatic carbocycles. The van der Waals surface area contributed by atoms with Gasteiger partial charge in [-0.3, -0.25) is 4.79 Å². The van der Waals surface area contributed by atoms with Gasteiger partial charge < -0.3 is 10.1 Å². The predicted octanol–water partition coefficient (Wildman–Crippen LogP) is 4.66. The van der Waals surface area contributed by atoms with Gasteiger partial charge in [0.05, 0.1) is 7.11 Å². The SMILES string of the molecule is COc1cc(Cl)ncc1C(=O)Nc1cccc(-c2ccccc2)c1. The van der Waals surface area contributed by atoms with Gasteiger partial charge in [0.1, 0.15) is 16.5 Å². The minimum absolute atomic E-state index is 0.273. The Morgan fingerprint density at radius 3 is 2.54 bits per heavy atom. The van der Waals surface area contributed by atoms with E-state index in [1.807, 2.05) is 54.6 Å². The Balaban J connectivity index is 1.85. The zero-order chi connectivity index (χ0) is 16.9. The van der Waals surface area contributed by atoms with Crippen LogP contribution >= 0.6 is 11.6 Å². The quantitative estimate of drug-likeness (QED) is 0.704. The number of anilines is 1. The highest BCUT2D eigenvalue weighted by atomic mass is 35.5. The van der Waals surface area contributed by atoms with Crippen molar-refractivity contribution >= 4 is 23.2 Å². The largest absolute Gasteiger partial charge is 0.496 e. The van der Waals surface area contributed by atoms with E-state index in [2.05, 4.69) is 10.3 Å². The van der Waals surface area contributed by atoms with Crippen molar-refractivity contribution in [3.05, 3.63) is 77.6 Å². The van der Waals surface area contributed by atoms with E-state index in [0.29, 0.717) is 17.0 Å². The molecule has 0 radical (unpaired) electrons. The molecular formula is C19H15ClN2O2. The molecule has 2 aromatic carbocycles. The summed E-state index contributed by atoms with van der Waals surface area (Å²) in [5, 5.41) is 3.13. The molecular weight excluding hydrogens is 324 g/mol. The number of benzene rings is 2. The maximum absolute atomic E-state index is 12.5. The number of aromatic nitrogens is 1. The molecule has 1 heterocycles. The van der Waals surface area contributed by atoms with E-state index in [9.17, 15) is 4.79 Å². The lowest BCUT2D eigenvalue weighted by Gasteiger charge is -2.10. The number of methoxy groups -OCH3 is 1. The first kappa shape index (κ1) is 16.0. The van der Waals surface area contributed by atoms with Gasteiger partial charge in [-0.15, -0.1) is 0 Å². The lowest BCUT2D eigenvalue weighted by molar-refractivity contribution is 0.102. The number of ether oxygens (including phenoxy) is 1. The zero-order valence-electron chi connectivity index (χ0n) is 13.0. The van der Waals surface area contributed by atoms with Gasteiger partial charge in [-0.25, -0.2) is 4.98 Å². The molecule has 1 aromatic heterocycles. The fourth-order valence-corrected chi connectivity index (χ4v) is 2.51. The number of nitrogens with zero attached hydrogens (tertiary/aromatic N) is 1. The van der Waals surface area contributed by atoms with Crippen molar-refractivity contribution in [1.29, 1.82) is 0 Å². The second-order valence-corrected chi connectivity index (χ2v) is 5.50. The van der Waals surface area contributed by atoms with Crippen LogP contribution in [-0.2, 0) is 0 Å². The van der Waals surface area contributed by atoms with E-state index in [0.717, 1.165) is 11.1 Å². The van der Waals surface area contributed by atoms with Crippen LogP contribution in [0.2, 0.25) is 5.15 Å². The van der Waals surface area contributed by atoms with Crippen molar-refractivity contribution in [2.75, 3.05) is 12.4 Å². The lowest BCUT2D eigenvalue weighted by Crippen LogP contribution is -2.13. The molecule has 0 bridgehead atoms. The van der Waals surface area contributed by atoms with Crippen LogP contribution in [0.1, 0.15) is 10.4 Å². The number of carbonyl (C=O) groups excluding carboxylic acids is 1. The average Bonchev–Trinajstić information content (AvgIpc) is 2.62. The number of halogens is 1. The molecule has 0 unspecified atom stereocenters. The molecule has 120 valence electrons. The normalized spacial score (nSPS) is 10.2. The highest BCUT2D eigenvalue weighted by molar-refractivity contribution is 6.29. The lowest BCUT2D eigenvalue weighted by atomic mass is 10.1. The van der Waals surface area contributed by atoms with Crippen molar-refractivity contribution in [2.45, 2.75) is 0 Å². The molecule has 5 heteroatoms. The molecule has 24 heavy (non-hydrogen) atoms. The smallest absolute Gasteiger partial charge is 0.261 e. The van der Waals surface area contributed by atoms with Crippen molar-refractivity contribution in [1.82, 2.24) is 4.98 Å². The number of hydrogen-bond acceptors (Lipinski definition) is 3. The molecule has 4 nitrogen and oxygen atoms in total. The Bertz CT molecular complexity index is 866. The van der Waals surface area contributed by atoms with Gasteiger partial charge >= 0.3 is 0 Å². The van der Waals surface area contributed by atoms with Crippen LogP contribution in [-0.4, -0.2) is 18.0 Å². The third-order valence-corrected chi connectivity index (χ3v) is 3.73. The number of nitrogens with one attached hydrogen (secondary N) is 1. The summed E-state index contributed by atoms with van der Waals surface area (Å²) in [6.07, 6.45) is 1.40. The second-order valence-electron chi connectivity index (χ2n) is 5.11. The van der Waals surface area contributed by atoms with E-state index >= 15 is 0 Å². The van der Waals surface area contributed by atoms with Crippen LogP contribution in [0.3, 0.4) is 0 Å². The van der Waals surface area contributed by atoms with Gasteiger partial charge in [0, 0.05) is 18.0 Å². The maximum atomic E-state index is 12.5. The van der Waals surface area contributed by atoms with E-state index in [1.54, 1.807) is 0 Å². The summed E-state index contributed by atoms with van der Waals surface area (Å²) in [6.45, 7) is 0. The standard InChI is InChI=1S/C19H15ClN2O2/c1-24-17-11-18(20)21-12-16(17)19(23)22-15-9-5-8-14(10-15)13-6-3-2-4-7-13/h2-12H,1H3,(H,22,23). The second kappa shape index (κ2) is 7.15. The van der Waals surface area contributed by atoms with E-state index in [1.165, 1.54) is 19.4 Å². The molecule has 3 rings (SSSR count). The molecule has 0 fully saturated rings. The number of rotatable bonds is 4. The number of carbonyl (C=O) groups is 1. The van der Waals surface area contributed by atoms with Crippen molar-refractivity contribution in [3.63, 3.8) is 0 Å². The zero-order valence-corrected chi connectivity index (χ0v) is 13.7. The summed E-state index contributed by atoms with van der Waals surface area (Å²) in [6, 6.07) is 19.1. The third kappa shape index (κ3) is 3.55. The predicted molar refractivity (Wildman–Crippen MR) is 95.6 cm³/mol. The highest BCUT2D eigenvalue weighted by Gasteiger charge is 2.14. The Labute approximate surface area is 145 Å². The Morgan fingerprint density at radius 2 is 1.79 bits per heavy atom. The average molecular weight is 339 g/mol. The molecule has 1 N–H and O–H groups in total. The van der Waals surface area contributed by atoms with Crippen molar-refractivity contribution < 1.29 is 9.53 Å². The van der Waals surface area contributed by atoms with Gasteiger partial charge in [0.15, 0.2) is 0 Å². The van der Waals surface area contributed by atoms with Gasteiger partial charge in [-0.2, -0.15) is 0 Å². The monoisotopic (exact) mass is 338 g/mol. The van der Waals surface area contributed by atoms with Crippen LogP contribution in [0.15, 0.2) is 66.9 Å². The van der Waals surface area contributed by atoms with Crippen LogP contribution < -0.4 is 10.1 Å². The first-order valence-electron chi connectivity index (χ1n) is 7.34. The molecule has 0 aliphatic rings. The molecule has 0 aliphatic heterocycles. The van der Waals surface area contributed by atoms with E-state index < -0.39 is 0 Å². The fourth-order valence-electron chi connectivity index (χ4n) is 2.36. The maximum Gasteiger partial charge on any atom is 0.261 e. The minimum Gasteiger partial charge on any atom is -0.496 e. The van der Waals surface area contributed by atoms with Crippen LogP contribution in [0.4, 0.5) is 5.69 Å². The fraction of sp³-hybridized carbons (Fsp3) is 0.0526. The topological polar surface area (TPSA) is 51.2 Å². The molecule has 0 saturated heterocycles. The first-order valence-corrected chi connectivity index (χ1v) is 7.71. The number of hydrogen-bond donors (Lipinski definition) is 1. The van der Waals surface area contributed by atoms with Crippen molar-refractivity contribution in [2.24, 2.45) is 0 Å². The van der Waals surface area contributed by atoms with Gasteiger partial charge in [0.2, 0.25) is 0 Å². The Morgan fingerprint density at radius 1 is 1.04 bits per heavy atom. The van der Waals surface area contributed by atoms with Gasteiger partial charge in [0.25, 0.3) is 5.91 Å². The first-order chi connectivity index (χ1) is 11.7. The van der Waals surface area contributed by atoms with Gasteiger partial charge in [-0.1, -0.05) is 54.1 Å². The molecule has 1 amide bonds. The summed E-state index contributed by atoms with van der Waals surface area (Å²) < 4.78 is 5.19. The number of amides is 1. The number of pyridine rings is 1. The molecule has 3 aromatic rings. The van der Waals surface area contributed by atoms with Crippen molar-refractivity contribution in [3.8, 4) is 16.9 Å². The molecule has 0 spiro atoms. The summed E-state index contributed by atoms with van der Waals surface area (Å²) in [5.41, 5.74) is 3.12.